The molecule has 1 heterocycles. The molecule has 1 aliphatic rings. The summed E-state index contributed by atoms with van der Waals surface area (Å²) in [6, 6.07) is 3.70. The lowest BCUT2D eigenvalue weighted by Crippen LogP contribution is -2.43. The molecule has 2 N–H and O–H groups in total. The molecule has 1 atom stereocenters. The molecule has 2 rings (SSSR count). The maximum absolute atomic E-state index is 12.8. The molecular weight excluding hydrogens is 291 g/mol. The maximum Gasteiger partial charge on any atom is 0.279 e. The summed E-state index contributed by atoms with van der Waals surface area (Å²) in [4.78, 5) is 22.6. The summed E-state index contributed by atoms with van der Waals surface area (Å²) in [5, 5.41) is 5.44. The molecule has 0 saturated carbocycles. The van der Waals surface area contributed by atoms with Crippen LogP contribution in [0.5, 0.6) is 0 Å². The van der Waals surface area contributed by atoms with Gasteiger partial charge in [0, 0.05) is 17.3 Å². The van der Waals surface area contributed by atoms with Crippen LogP contribution in [0.2, 0.25) is 5.02 Å². The fourth-order valence-electron chi connectivity index (χ4n) is 1.69. The third-order valence-corrected chi connectivity index (χ3v) is 3.93. The first-order chi connectivity index (χ1) is 9.06. The Hall–Kier alpha value is -1.27. The third kappa shape index (κ3) is 3.84. The van der Waals surface area contributed by atoms with Crippen LogP contribution in [-0.4, -0.2) is 29.5 Å². The quantitative estimate of drug-likeness (QED) is 0.894. The molecule has 4 nitrogen and oxygen atoms in total. The monoisotopic (exact) mass is 302 g/mol. The van der Waals surface area contributed by atoms with Gasteiger partial charge >= 0.3 is 0 Å². The highest BCUT2D eigenvalue weighted by atomic mass is 35.5. The summed E-state index contributed by atoms with van der Waals surface area (Å²) in [7, 11) is 0. The van der Waals surface area contributed by atoms with Gasteiger partial charge in [0.25, 0.3) is 5.24 Å². The maximum atomic E-state index is 12.8. The molecule has 2 amide bonds. The summed E-state index contributed by atoms with van der Waals surface area (Å²) >= 11 is 6.97. The first kappa shape index (κ1) is 14.1. The SMILES string of the molecule is O=C1NC(C(=O)NCCc2ccc(F)cc2Cl)CS1. The zero-order valence-corrected chi connectivity index (χ0v) is 11.5. The van der Waals surface area contributed by atoms with Crippen molar-refractivity contribution in [1.82, 2.24) is 10.6 Å². The van der Waals surface area contributed by atoms with Gasteiger partial charge in [-0.05, 0) is 24.1 Å². The number of carbonyl (C=O) groups excluding carboxylic acids is 2. The standard InChI is InChI=1S/C12H12ClFN2O2S/c13-9-5-8(14)2-1-7(9)3-4-15-11(17)10-6-19-12(18)16-10/h1-2,5,10H,3-4,6H2,(H,15,17)(H,16,18). The average molecular weight is 303 g/mol. The number of nitrogens with one attached hydrogen (secondary N) is 2. The highest BCUT2D eigenvalue weighted by Crippen LogP contribution is 2.17. The van der Waals surface area contributed by atoms with Crippen molar-refractivity contribution in [2.45, 2.75) is 12.5 Å². The molecular formula is C12H12ClFN2O2S. The van der Waals surface area contributed by atoms with Crippen LogP contribution in [-0.2, 0) is 11.2 Å². The Balaban J connectivity index is 1.80. The minimum absolute atomic E-state index is 0.179. The Morgan fingerprint density at radius 1 is 1.58 bits per heavy atom. The third-order valence-electron chi connectivity index (χ3n) is 2.70. The number of benzene rings is 1. The molecule has 0 spiro atoms. The lowest BCUT2D eigenvalue weighted by molar-refractivity contribution is -0.122. The van der Waals surface area contributed by atoms with Gasteiger partial charge in [0.1, 0.15) is 11.9 Å². The van der Waals surface area contributed by atoms with Crippen molar-refractivity contribution in [3.8, 4) is 0 Å². The van der Waals surface area contributed by atoms with Gasteiger partial charge in [-0.15, -0.1) is 0 Å². The predicted molar refractivity (Wildman–Crippen MR) is 72.9 cm³/mol. The smallest absolute Gasteiger partial charge is 0.279 e. The predicted octanol–water partition coefficient (Wildman–Crippen LogP) is 1.96. The molecule has 0 radical (unpaired) electrons. The van der Waals surface area contributed by atoms with Crippen LogP contribution >= 0.6 is 23.4 Å². The van der Waals surface area contributed by atoms with Crippen LogP contribution in [0.1, 0.15) is 5.56 Å². The average Bonchev–Trinajstić information content (AvgIpc) is 2.78. The van der Waals surface area contributed by atoms with Crippen LogP contribution in [0.4, 0.5) is 9.18 Å². The summed E-state index contributed by atoms with van der Waals surface area (Å²) < 4.78 is 12.8. The number of rotatable bonds is 4. The van der Waals surface area contributed by atoms with Crippen LogP contribution in [0, 0.1) is 5.82 Å². The van der Waals surface area contributed by atoms with E-state index in [1.54, 1.807) is 6.07 Å². The van der Waals surface area contributed by atoms with E-state index in [2.05, 4.69) is 10.6 Å². The summed E-state index contributed by atoms with van der Waals surface area (Å²) in [5.41, 5.74) is 0.771. The minimum atomic E-state index is -0.471. The number of amides is 2. The second-order valence-corrected chi connectivity index (χ2v) is 5.47. The molecule has 1 saturated heterocycles. The number of carbonyl (C=O) groups is 2. The second kappa shape index (κ2) is 6.25. The molecule has 0 aliphatic carbocycles. The molecule has 19 heavy (non-hydrogen) atoms. The van der Waals surface area contributed by atoms with Gasteiger partial charge in [-0.2, -0.15) is 0 Å². The second-order valence-electron chi connectivity index (χ2n) is 4.07. The summed E-state index contributed by atoms with van der Waals surface area (Å²) in [5.74, 6) is -0.151. The Morgan fingerprint density at radius 2 is 2.37 bits per heavy atom. The highest BCUT2D eigenvalue weighted by Gasteiger charge is 2.27. The van der Waals surface area contributed by atoms with E-state index in [9.17, 15) is 14.0 Å². The number of thioether (sulfide) groups is 1. The van der Waals surface area contributed by atoms with Crippen LogP contribution < -0.4 is 10.6 Å². The summed E-state index contributed by atoms with van der Waals surface area (Å²) in [6.45, 7) is 0.390. The fraction of sp³-hybridized carbons (Fsp3) is 0.333. The molecule has 1 aromatic rings. The molecule has 0 bridgehead atoms. The molecule has 0 aromatic heterocycles. The van der Waals surface area contributed by atoms with Crippen LogP contribution in [0.15, 0.2) is 18.2 Å². The van der Waals surface area contributed by atoms with Gasteiger partial charge in [0.15, 0.2) is 0 Å². The van der Waals surface area contributed by atoms with Gasteiger partial charge in [-0.3, -0.25) is 9.59 Å². The Kier molecular flexibility index (Phi) is 4.66. The van der Waals surface area contributed by atoms with Crippen molar-refractivity contribution in [3.05, 3.63) is 34.6 Å². The minimum Gasteiger partial charge on any atom is -0.354 e. The van der Waals surface area contributed by atoms with Gasteiger partial charge in [0.2, 0.25) is 5.91 Å². The van der Waals surface area contributed by atoms with Crippen molar-refractivity contribution in [2.24, 2.45) is 0 Å². The molecule has 1 unspecified atom stereocenters. The van der Waals surface area contributed by atoms with Crippen LogP contribution in [0.3, 0.4) is 0 Å². The molecule has 102 valence electrons. The van der Waals surface area contributed by atoms with E-state index in [-0.39, 0.29) is 17.0 Å². The van der Waals surface area contributed by atoms with E-state index in [0.717, 1.165) is 17.3 Å². The van der Waals surface area contributed by atoms with Gasteiger partial charge in [-0.1, -0.05) is 29.4 Å². The number of hydrogen-bond donors (Lipinski definition) is 2. The van der Waals surface area contributed by atoms with Crippen molar-refractivity contribution in [2.75, 3.05) is 12.3 Å². The summed E-state index contributed by atoms with van der Waals surface area (Å²) in [6.07, 6.45) is 0.513. The first-order valence-electron chi connectivity index (χ1n) is 5.71. The van der Waals surface area contributed by atoms with E-state index in [4.69, 9.17) is 11.6 Å². The van der Waals surface area contributed by atoms with Gasteiger partial charge < -0.3 is 10.6 Å². The Bertz CT molecular complexity index is 513. The van der Waals surface area contributed by atoms with E-state index < -0.39 is 6.04 Å². The van der Waals surface area contributed by atoms with Crippen molar-refractivity contribution in [3.63, 3.8) is 0 Å². The molecule has 1 aliphatic heterocycles. The first-order valence-corrected chi connectivity index (χ1v) is 7.07. The zero-order valence-electron chi connectivity index (χ0n) is 9.91. The van der Waals surface area contributed by atoms with Gasteiger partial charge in [0.05, 0.1) is 0 Å². The lowest BCUT2D eigenvalue weighted by atomic mass is 10.1. The molecule has 1 fully saturated rings. The lowest BCUT2D eigenvalue weighted by Gasteiger charge is -2.10. The topological polar surface area (TPSA) is 58.2 Å². The van der Waals surface area contributed by atoms with Gasteiger partial charge in [-0.25, -0.2) is 4.39 Å². The Labute approximate surface area is 119 Å². The van der Waals surface area contributed by atoms with E-state index >= 15 is 0 Å². The molecule has 1 aromatic carbocycles. The largest absolute Gasteiger partial charge is 0.354 e. The number of hydrogen-bond acceptors (Lipinski definition) is 3. The normalized spacial score (nSPS) is 18.2. The van der Waals surface area contributed by atoms with E-state index in [0.29, 0.717) is 23.7 Å². The zero-order chi connectivity index (χ0) is 13.8. The van der Waals surface area contributed by atoms with E-state index in [1.807, 2.05) is 0 Å². The Morgan fingerprint density at radius 3 is 3.00 bits per heavy atom. The highest BCUT2D eigenvalue weighted by molar-refractivity contribution is 8.14. The number of halogens is 2. The van der Waals surface area contributed by atoms with Crippen molar-refractivity contribution in [1.29, 1.82) is 0 Å². The fourth-order valence-corrected chi connectivity index (χ4v) is 2.73. The van der Waals surface area contributed by atoms with Crippen LogP contribution in [0.25, 0.3) is 0 Å². The van der Waals surface area contributed by atoms with Crippen molar-refractivity contribution >= 4 is 34.5 Å². The molecule has 7 heteroatoms. The van der Waals surface area contributed by atoms with E-state index in [1.165, 1.54) is 12.1 Å². The van der Waals surface area contributed by atoms with Crippen molar-refractivity contribution < 1.29 is 14.0 Å².